The predicted molar refractivity (Wildman–Crippen MR) is 123 cm³/mol. The maximum Gasteiger partial charge on any atom is 0.416 e. The second-order valence-corrected chi connectivity index (χ2v) is 9.21. The summed E-state index contributed by atoms with van der Waals surface area (Å²) in [6.45, 7) is 2.51. The van der Waals surface area contributed by atoms with Crippen molar-refractivity contribution in [1.29, 1.82) is 0 Å². The minimum atomic E-state index is -4.40. The summed E-state index contributed by atoms with van der Waals surface area (Å²) in [6.07, 6.45) is -2.32. The van der Waals surface area contributed by atoms with E-state index in [9.17, 15) is 18.0 Å². The molecule has 0 saturated carbocycles. The molecular formula is C25H26F3N5O2. The summed E-state index contributed by atoms with van der Waals surface area (Å²) in [7, 11) is 1.65. The van der Waals surface area contributed by atoms with Crippen molar-refractivity contribution in [3.05, 3.63) is 65.5 Å². The molecule has 1 N–H and O–H groups in total. The average Bonchev–Trinajstić information content (AvgIpc) is 3.16. The molecule has 2 aliphatic heterocycles. The van der Waals surface area contributed by atoms with Gasteiger partial charge in [-0.2, -0.15) is 18.3 Å². The molecule has 1 fully saturated rings. The maximum atomic E-state index is 12.9. The number of nitrogens with one attached hydrogen (secondary N) is 1. The minimum absolute atomic E-state index is 0.0419. The van der Waals surface area contributed by atoms with Gasteiger partial charge in [-0.1, -0.05) is 24.3 Å². The molecule has 3 heterocycles. The van der Waals surface area contributed by atoms with Crippen molar-refractivity contribution in [2.75, 3.05) is 20.2 Å². The summed E-state index contributed by atoms with van der Waals surface area (Å²) < 4.78 is 45.5. The standard InChI is InChI=1S/C25H26F3N5O2/c1-35-20-8-2-17(3-9-20)15-32-12-10-24(11-13-32)14-21-29-23(31-33(21)16-22(34)30-24)18-4-6-19(7-5-18)25(26,27)28/h2-9H,10-16H2,1H3,(H,30,34). The van der Waals surface area contributed by atoms with E-state index in [1.165, 1.54) is 17.7 Å². The number of carbonyl (C=O) groups excluding carboxylic acids is 1. The van der Waals surface area contributed by atoms with Crippen LogP contribution in [0.5, 0.6) is 5.75 Å². The molecule has 0 atom stereocenters. The lowest BCUT2D eigenvalue weighted by atomic mass is 9.84. The first-order valence-corrected chi connectivity index (χ1v) is 11.5. The van der Waals surface area contributed by atoms with Crippen LogP contribution in [-0.2, 0) is 30.5 Å². The van der Waals surface area contributed by atoms with E-state index in [0.717, 1.165) is 50.4 Å². The lowest BCUT2D eigenvalue weighted by molar-refractivity contribution is -0.137. The van der Waals surface area contributed by atoms with Crippen LogP contribution >= 0.6 is 0 Å². The molecule has 1 saturated heterocycles. The van der Waals surface area contributed by atoms with Crippen molar-refractivity contribution in [2.24, 2.45) is 0 Å². The van der Waals surface area contributed by atoms with Gasteiger partial charge in [0.05, 0.1) is 12.7 Å². The van der Waals surface area contributed by atoms with E-state index in [-0.39, 0.29) is 12.5 Å². The smallest absolute Gasteiger partial charge is 0.416 e. The Morgan fingerprint density at radius 3 is 2.37 bits per heavy atom. The van der Waals surface area contributed by atoms with Crippen LogP contribution in [-0.4, -0.2) is 51.3 Å². The molecule has 1 spiro atoms. The number of aromatic nitrogens is 3. The second-order valence-electron chi connectivity index (χ2n) is 9.21. The second kappa shape index (κ2) is 8.99. The zero-order valence-electron chi connectivity index (χ0n) is 19.3. The molecule has 35 heavy (non-hydrogen) atoms. The molecule has 1 aromatic heterocycles. The maximum absolute atomic E-state index is 12.9. The zero-order valence-corrected chi connectivity index (χ0v) is 19.3. The van der Waals surface area contributed by atoms with E-state index >= 15 is 0 Å². The van der Waals surface area contributed by atoms with Gasteiger partial charge in [-0.15, -0.1) is 0 Å². The van der Waals surface area contributed by atoms with E-state index in [4.69, 9.17) is 4.74 Å². The molecule has 2 aromatic carbocycles. The normalized spacial score (nSPS) is 18.1. The molecule has 184 valence electrons. The summed E-state index contributed by atoms with van der Waals surface area (Å²) in [4.78, 5) is 19.7. The first-order chi connectivity index (χ1) is 16.7. The Morgan fingerprint density at radius 2 is 1.74 bits per heavy atom. The highest BCUT2D eigenvalue weighted by molar-refractivity contribution is 5.77. The van der Waals surface area contributed by atoms with Gasteiger partial charge in [-0.25, -0.2) is 9.67 Å². The summed E-state index contributed by atoms with van der Waals surface area (Å²) >= 11 is 0. The van der Waals surface area contributed by atoms with Crippen molar-refractivity contribution < 1.29 is 22.7 Å². The fourth-order valence-electron chi connectivity index (χ4n) is 4.81. The highest BCUT2D eigenvalue weighted by Gasteiger charge is 2.40. The number of likely N-dealkylation sites (tertiary alicyclic amines) is 1. The molecule has 0 radical (unpaired) electrons. The summed E-state index contributed by atoms with van der Waals surface area (Å²) in [5.41, 5.74) is 0.559. The summed E-state index contributed by atoms with van der Waals surface area (Å²) in [5, 5.41) is 7.63. The van der Waals surface area contributed by atoms with E-state index in [1.807, 2.05) is 12.1 Å². The van der Waals surface area contributed by atoms with Gasteiger partial charge >= 0.3 is 6.18 Å². The Hall–Kier alpha value is -3.40. The number of fused-ring (bicyclic) bond motifs is 1. The molecule has 0 aliphatic carbocycles. The predicted octanol–water partition coefficient (Wildman–Crippen LogP) is 3.68. The highest BCUT2D eigenvalue weighted by Crippen LogP contribution is 2.32. The van der Waals surface area contributed by atoms with Crippen LogP contribution in [0.25, 0.3) is 11.4 Å². The number of methoxy groups -OCH3 is 1. The number of alkyl halides is 3. The Balaban J connectivity index is 1.29. The molecule has 0 unspecified atom stereocenters. The van der Waals surface area contributed by atoms with Gasteiger partial charge in [-0.3, -0.25) is 9.69 Å². The van der Waals surface area contributed by atoms with Gasteiger partial charge < -0.3 is 10.1 Å². The molecule has 5 rings (SSSR count). The highest BCUT2D eigenvalue weighted by atomic mass is 19.4. The summed E-state index contributed by atoms with van der Waals surface area (Å²) in [6, 6.07) is 12.8. The Morgan fingerprint density at radius 1 is 1.06 bits per heavy atom. The topological polar surface area (TPSA) is 72.3 Å². The molecule has 1 amide bonds. The quantitative estimate of drug-likeness (QED) is 0.611. The monoisotopic (exact) mass is 485 g/mol. The lowest BCUT2D eigenvalue weighted by Crippen LogP contribution is -2.56. The molecule has 2 aliphatic rings. The number of ether oxygens (including phenoxy) is 1. The minimum Gasteiger partial charge on any atom is -0.497 e. The van der Waals surface area contributed by atoms with Gasteiger partial charge in [0.2, 0.25) is 5.91 Å². The Bertz CT molecular complexity index is 1200. The number of carbonyl (C=O) groups is 1. The van der Waals surface area contributed by atoms with E-state index in [0.29, 0.717) is 23.6 Å². The molecule has 10 heteroatoms. The molecule has 0 bridgehead atoms. The zero-order chi connectivity index (χ0) is 24.6. The first-order valence-electron chi connectivity index (χ1n) is 11.5. The van der Waals surface area contributed by atoms with Gasteiger partial charge in [0.15, 0.2) is 5.82 Å². The van der Waals surface area contributed by atoms with Crippen molar-refractivity contribution in [3.8, 4) is 17.1 Å². The number of nitrogens with zero attached hydrogens (tertiary/aromatic N) is 4. The number of hydrogen-bond donors (Lipinski definition) is 1. The third-order valence-electron chi connectivity index (χ3n) is 6.79. The number of hydrogen-bond acceptors (Lipinski definition) is 5. The molecule has 3 aromatic rings. The van der Waals surface area contributed by atoms with E-state index in [1.54, 1.807) is 11.8 Å². The number of piperidine rings is 1. The van der Waals surface area contributed by atoms with Crippen molar-refractivity contribution >= 4 is 5.91 Å². The average molecular weight is 486 g/mol. The van der Waals surface area contributed by atoms with E-state index < -0.39 is 17.3 Å². The fourth-order valence-corrected chi connectivity index (χ4v) is 4.81. The van der Waals surface area contributed by atoms with Gasteiger partial charge in [0.25, 0.3) is 0 Å². The number of halogens is 3. The van der Waals surface area contributed by atoms with Crippen molar-refractivity contribution in [2.45, 2.75) is 44.1 Å². The van der Waals surface area contributed by atoms with Crippen LogP contribution in [0.2, 0.25) is 0 Å². The Labute approximate surface area is 200 Å². The lowest BCUT2D eigenvalue weighted by Gasteiger charge is -2.41. The van der Waals surface area contributed by atoms with Crippen LogP contribution in [0.1, 0.15) is 29.8 Å². The van der Waals surface area contributed by atoms with Crippen LogP contribution in [0.3, 0.4) is 0 Å². The van der Waals surface area contributed by atoms with Crippen molar-refractivity contribution in [3.63, 3.8) is 0 Å². The van der Waals surface area contributed by atoms with Crippen LogP contribution < -0.4 is 10.1 Å². The third-order valence-corrected chi connectivity index (χ3v) is 6.79. The third kappa shape index (κ3) is 5.02. The summed E-state index contributed by atoms with van der Waals surface area (Å²) in [5.74, 6) is 1.70. The molecular weight excluding hydrogens is 459 g/mol. The number of amides is 1. The van der Waals surface area contributed by atoms with Gasteiger partial charge in [0, 0.05) is 37.2 Å². The fraction of sp³-hybridized carbons (Fsp3) is 0.400. The largest absolute Gasteiger partial charge is 0.497 e. The SMILES string of the molecule is COc1ccc(CN2CCC3(CC2)Cc2nc(-c4ccc(C(F)(F)F)cc4)nn2CC(=O)N3)cc1. The van der Waals surface area contributed by atoms with E-state index in [2.05, 4.69) is 32.4 Å². The van der Waals surface area contributed by atoms with Crippen LogP contribution in [0.4, 0.5) is 13.2 Å². The van der Waals surface area contributed by atoms with Crippen LogP contribution in [0.15, 0.2) is 48.5 Å². The Kier molecular flexibility index (Phi) is 6.00. The van der Waals surface area contributed by atoms with Crippen LogP contribution in [0, 0.1) is 0 Å². The number of rotatable bonds is 4. The van der Waals surface area contributed by atoms with Gasteiger partial charge in [-0.05, 0) is 42.7 Å². The first kappa shape index (κ1) is 23.3. The molecule has 7 nitrogen and oxygen atoms in total. The van der Waals surface area contributed by atoms with Gasteiger partial charge in [0.1, 0.15) is 18.1 Å². The number of benzene rings is 2. The van der Waals surface area contributed by atoms with Crippen molar-refractivity contribution in [1.82, 2.24) is 25.0 Å².